The van der Waals surface area contributed by atoms with E-state index in [1.807, 2.05) is 125 Å². The van der Waals surface area contributed by atoms with Crippen LogP contribution in [0.3, 0.4) is 0 Å². The minimum absolute atomic E-state index is 0.0169. The highest BCUT2D eigenvalue weighted by Gasteiger charge is 2.37. The normalized spacial score (nSPS) is 15.1. The van der Waals surface area contributed by atoms with Crippen LogP contribution in [-0.4, -0.2) is 169 Å². The van der Waals surface area contributed by atoms with Crippen molar-refractivity contribution in [2.45, 2.75) is 293 Å². The molecule has 0 amide bonds. The Labute approximate surface area is 882 Å². The molecule has 3 N–H and O–H groups in total. The van der Waals surface area contributed by atoms with Gasteiger partial charge >= 0.3 is 23.9 Å². The quantitative estimate of drug-likeness (QED) is 0.0316. The number of hydrogen-bond acceptors (Lipinski definition) is 22. The Balaban J connectivity index is 0.000000156. The van der Waals surface area contributed by atoms with E-state index < -0.39 is 35.6 Å². The van der Waals surface area contributed by atoms with Crippen molar-refractivity contribution >= 4 is 59.4 Å². The van der Waals surface area contributed by atoms with Gasteiger partial charge in [0, 0.05) is 133 Å². The van der Waals surface area contributed by atoms with Gasteiger partial charge in [0.1, 0.15) is 5.78 Å². The van der Waals surface area contributed by atoms with E-state index in [-0.39, 0.29) is 29.2 Å². The third kappa shape index (κ3) is 29.3. The molecule has 25 nitrogen and oxygen atoms in total. The smallest absolute Gasteiger partial charge is 0.313 e. The predicted octanol–water partition coefficient (Wildman–Crippen LogP) is 26.5. The maximum atomic E-state index is 13.1. The number of esters is 2. The van der Waals surface area contributed by atoms with Gasteiger partial charge in [0.2, 0.25) is 29.7 Å². The Morgan fingerprint density at radius 1 is 0.289 bits per heavy atom. The summed E-state index contributed by atoms with van der Waals surface area (Å²) in [5, 5.41) is 20.1. The molecule has 0 spiro atoms. The molecule has 7 aromatic carbocycles. The molecule has 5 unspecified atom stereocenters. The first-order valence-corrected chi connectivity index (χ1v) is 55.0. The van der Waals surface area contributed by atoms with E-state index in [2.05, 4.69) is 170 Å². The van der Waals surface area contributed by atoms with E-state index >= 15 is 0 Å². The minimum Gasteiger partial charge on any atom is -0.481 e. The van der Waals surface area contributed by atoms with Crippen LogP contribution >= 0.6 is 0 Å². The summed E-state index contributed by atoms with van der Waals surface area (Å²) in [6, 6.07) is 61.3. The fraction of sp³-hybridized carbons (Fsp3) is 0.460. The first kappa shape index (κ1) is 112. The summed E-state index contributed by atoms with van der Waals surface area (Å²) >= 11 is 0. The Kier molecular flexibility index (Phi) is 42.3. The van der Waals surface area contributed by atoms with Crippen molar-refractivity contribution in [3.63, 3.8) is 0 Å². The van der Waals surface area contributed by atoms with Crippen molar-refractivity contribution in [1.29, 1.82) is 0 Å². The van der Waals surface area contributed by atoms with Gasteiger partial charge in [-0.2, -0.15) is 0 Å². The van der Waals surface area contributed by atoms with Gasteiger partial charge in [-0.25, -0.2) is 44.9 Å². The number of anilines is 5. The number of ketones is 1. The lowest BCUT2D eigenvalue weighted by Crippen LogP contribution is -2.34. The summed E-state index contributed by atoms with van der Waals surface area (Å²) in [4.78, 5) is 135. The number of aromatic nitrogens is 10. The number of rotatable bonds is 34. The van der Waals surface area contributed by atoms with Gasteiger partial charge in [0.25, 0.3) is 5.56 Å². The third-order valence-corrected chi connectivity index (χ3v) is 29.1. The number of nitrogens with zero attached hydrogens (tertiary/aromatic N) is 14. The molecule has 5 aromatic heterocycles. The zero-order valence-electron chi connectivity index (χ0n) is 90.8. The standard InChI is InChI=1S/C28H33N3O2.C27H31N3O2.C24H33N3O2.C23H31N3O2.C22H29N3O2/c1-4-11-23(27(32)33-3)24-25(21-12-7-5-8-13-21)29-28(31-18-9-6-10-19-31)30-26(24)22-16-14-20(2)15-17-22;1-3-10-22(26(31)32)23-24(20-11-6-4-7-12-20)28-27(30-17-8-5-9-18-30)29-25(23)21-15-13-19(2)14-16-21;1-5-10-19(23(28)29-4)21-20(6-2)25-24(27-15-8-7-9-16-27)26-22(21)18-13-11-17(3)12-14-18;1-4-9-18(22(27)28)20-19(5-2)24-23(26-14-7-6-8-15-26)25-21(20)17-12-10-16(3)11-13-17;1-4-8-18(16(3)26)19-20(17-11-9-15(2)10-12-17)23-22(24-21(19)27)25-13-6-5-7-14-25/h5,7-8,12-17,23H,4,6,9-11,18-19H2,1-3H3;4,6-7,11-16,22H,3,5,8-10,17-18H2,1-2H3,(H,31,32);11-14,19H,5-10,15-16H2,1-4H3;10-13,18H,4-9,14-15H2,1-3H3,(H,27,28);9-12,18H,4-8,13-14H2,1-3H3,(H,23,24,27). The second-order valence-corrected chi connectivity index (χ2v) is 40.4. The number of aromatic amines is 1. The van der Waals surface area contributed by atoms with Crippen molar-refractivity contribution < 1.29 is 43.7 Å². The first-order chi connectivity index (χ1) is 72.3. The number of carboxylic acids is 2. The van der Waals surface area contributed by atoms with Crippen LogP contribution in [-0.2, 0) is 46.3 Å². The first-order valence-electron chi connectivity index (χ1n) is 55.0. The van der Waals surface area contributed by atoms with Gasteiger partial charge in [-0.05, 0) is 183 Å². The zero-order valence-corrected chi connectivity index (χ0v) is 90.8. The number of benzene rings is 7. The topological polar surface area (TPSA) is 309 Å². The molecule has 0 aliphatic carbocycles. The van der Waals surface area contributed by atoms with Gasteiger partial charge in [-0.3, -0.25) is 33.8 Å². The molecule has 788 valence electrons. The van der Waals surface area contributed by atoms with E-state index in [0.717, 1.165) is 297 Å². The maximum absolute atomic E-state index is 13.1. The number of nitrogens with one attached hydrogen (secondary N) is 1. The number of aliphatic carboxylic acids is 2. The van der Waals surface area contributed by atoms with E-state index in [1.165, 1.54) is 75.9 Å². The predicted molar refractivity (Wildman–Crippen MR) is 602 cm³/mol. The second-order valence-electron chi connectivity index (χ2n) is 40.4. The number of Topliss-reactive ketones (excluding diaryl/α,β-unsaturated/α-hetero) is 1. The average Bonchev–Trinajstić information content (AvgIpc) is 0.767. The molecule has 10 heterocycles. The summed E-state index contributed by atoms with van der Waals surface area (Å²) in [6.07, 6.45) is 26.4. The second kappa shape index (κ2) is 56.1. The minimum atomic E-state index is -0.827. The molecule has 12 aromatic rings. The summed E-state index contributed by atoms with van der Waals surface area (Å²) in [6.45, 7) is 35.8. The number of aryl methyl sites for hydroxylation is 7. The Morgan fingerprint density at radius 2 is 0.517 bits per heavy atom. The highest BCUT2D eigenvalue weighted by Crippen LogP contribution is 2.45. The number of ether oxygens (including phenoxy) is 2. The van der Waals surface area contributed by atoms with Gasteiger partial charge in [-0.15, -0.1) is 0 Å². The molecule has 5 aliphatic rings. The van der Waals surface area contributed by atoms with Gasteiger partial charge in [0.05, 0.1) is 94.7 Å². The third-order valence-electron chi connectivity index (χ3n) is 29.1. The van der Waals surface area contributed by atoms with Crippen molar-refractivity contribution in [3.8, 4) is 78.8 Å². The van der Waals surface area contributed by atoms with Gasteiger partial charge in [0.15, 0.2) is 0 Å². The van der Waals surface area contributed by atoms with Gasteiger partial charge in [-0.1, -0.05) is 290 Å². The Hall–Kier alpha value is -13.7. The largest absolute Gasteiger partial charge is 0.481 e. The lowest BCUT2D eigenvalue weighted by Gasteiger charge is -2.29. The van der Waals surface area contributed by atoms with Crippen LogP contribution < -0.4 is 30.1 Å². The van der Waals surface area contributed by atoms with Crippen LogP contribution in [0.2, 0.25) is 0 Å². The average molecular weight is 2020 g/mol. The van der Waals surface area contributed by atoms with Crippen molar-refractivity contribution in [3.05, 3.63) is 259 Å². The molecule has 5 fully saturated rings. The zero-order chi connectivity index (χ0) is 106. The van der Waals surface area contributed by atoms with E-state index in [9.17, 15) is 39.0 Å². The molecule has 0 saturated carbocycles. The van der Waals surface area contributed by atoms with Crippen LogP contribution in [0.25, 0.3) is 78.8 Å². The molecule has 5 aliphatic heterocycles. The molecule has 149 heavy (non-hydrogen) atoms. The molecular weight excluding hydrogens is 1860 g/mol. The number of piperidine rings is 5. The number of hydrogen-bond donors (Lipinski definition) is 3. The lowest BCUT2D eigenvalue weighted by atomic mass is 9.87. The number of carboxylic acid groups (broad SMARTS) is 2. The van der Waals surface area contributed by atoms with Crippen LogP contribution in [0, 0.1) is 34.6 Å². The summed E-state index contributed by atoms with van der Waals surface area (Å²) in [7, 11) is 2.92. The van der Waals surface area contributed by atoms with Crippen LogP contribution in [0.1, 0.15) is 313 Å². The number of H-pyrrole nitrogens is 1. The number of methoxy groups -OCH3 is 2. The molecule has 25 heteroatoms. The molecule has 5 saturated heterocycles. The van der Waals surface area contributed by atoms with E-state index in [1.54, 1.807) is 6.92 Å². The fourth-order valence-corrected chi connectivity index (χ4v) is 21.0. The van der Waals surface area contributed by atoms with Crippen molar-refractivity contribution in [2.75, 3.05) is 104 Å². The summed E-state index contributed by atoms with van der Waals surface area (Å²) < 4.78 is 10.4. The van der Waals surface area contributed by atoms with Crippen LogP contribution in [0.15, 0.2) is 187 Å². The molecule has 0 radical (unpaired) electrons. The van der Waals surface area contributed by atoms with E-state index in [4.69, 9.17) is 54.3 Å². The Bertz CT molecular complexity index is 6420. The van der Waals surface area contributed by atoms with Crippen LogP contribution in [0.4, 0.5) is 29.7 Å². The SMILES string of the molecule is CCCC(C(=O)O)c1c(-c2ccccc2)nc(N2CCCCC2)nc1-c1ccc(C)cc1.CCCC(C(=O)O)c1c(CC)nc(N2CCCCC2)nc1-c1ccc(C)cc1.CCCC(C(=O)OC)c1c(-c2ccccc2)nc(N2CCCCC2)nc1-c1ccc(C)cc1.CCCC(C(=O)OC)c1c(CC)nc(N2CCCCC2)nc1-c1ccc(C)cc1.CCCC(C(C)=O)c1c(-c2ccc(C)cc2)nc(N2CCCCC2)[nH]c1=O. The maximum Gasteiger partial charge on any atom is 0.313 e. The van der Waals surface area contributed by atoms with Gasteiger partial charge < -0.3 is 44.2 Å². The molecule has 5 atom stereocenters. The fourth-order valence-electron chi connectivity index (χ4n) is 21.0. The van der Waals surface area contributed by atoms with Crippen molar-refractivity contribution in [1.82, 2.24) is 49.8 Å². The lowest BCUT2D eigenvalue weighted by molar-refractivity contribution is -0.143. The molecular formula is C124H157N15O10. The van der Waals surface area contributed by atoms with E-state index in [0.29, 0.717) is 55.3 Å². The summed E-state index contributed by atoms with van der Waals surface area (Å²) in [5.41, 5.74) is 23.5. The van der Waals surface area contributed by atoms with Crippen molar-refractivity contribution in [2.24, 2.45) is 0 Å². The highest BCUT2D eigenvalue weighted by molar-refractivity contribution is 5.90. The molecule has 0 bridgehead atoms. The monoisotopic (exact) mass is 2020 g/mol. The molecule has 17 rings (SSSR count). The van der Waals surface area contributed by atoms with Crippen LogP contribution in [0.5, 0.6) is 0 Å². The number of carbonyl (C=O) groups excluding carboxylic acids is 3. The highest BCUT2D eigenvalue weighted by atomic mass is 16.5. The number of carbonyl (C=O) groups is 5. The summed E-state index contributed by atoms with van der Waals surface area (Å²) in [5.74, 6) is -0.873. The Morgan fingerprint density at radius 3 is 0.785 bits per heavy atom.